The molecule has 0 bridgehead atoms. The van der Waals surface area contributed by atoms with Gasteiger partial charge in [0.1, 0.15) is 0 Å². The number of sulfonamides is 1. The molecule has 0 radical (unpaired) electrons. The molecule has 6 heteroatoms. The Hall–Kier alpha value is -1.56. The molecule has 3 rings (SSSR count). The monoisotopic (exact) mass is 392 g/mol. The first kappa shape index (κ1) is 19.2. The van der Waals surface area contributed by atoms with Crippen LogP contribution in [0.4, 0.5) is 5.69 Å². The van der Waals surface area contributed by atoms with Crippen molar-refractivity contribution in [1.29, 1.82) is 0 Å². The molecule has 1 saturated heterocycles. The number of hydrogen-bond acceptors (Lipinski definition) is 3. The molecule has 0 saturated carbocycles. The van der Waals surface area contributed by atoms with Crippen molar-refractivity contribution >= 4 is 27.3 Å². The summed E-state index contributed by atoms with van der Waals surface area (Å²) in [5.74, 6) is 0. The van der Waals surface area contributed by atoms with Crippen molar-refractivity contribution < 1.29 is 8.42 Å². The minimum atomic E-state index is -3.44. The fourth-order valence-corrected chi connectivity index (χ4v) is 4.95. The van der Waals surface area contributed by atoms with Crippen molar-refractivity contribution in [2.24, 2.45) is 0 Å². The molecule has 1 heterocycles. The first-order chi connectivity index (χ1) is 12.4. The fraction of sp³-hybridized carbons (Fsp3) is 0.400. The summed E-state index contributed by atoms with van der Waals surface area (Å²) in [5, 5.41) is 0.702. The SMILES string of the molecule is CCCc1ccc(S(=O)(=O)N2CCN(c3cc(Cl)ccc3C)CC2)cc1. The van der Waals surface area contributed by atoms with Gasteiger partial charge < -0.3 is 4.90 Å². The zero-order valence-corrected chi connectivity index (χ0v) is 16.9. The van der Waals surface area contributed by atoms with Gasteiger partial charge in [-0.2, -0.15) is 4.31 Å². The Morgan fingerprint density at radius 1 is 1.00 bits per heavy atom. The minimum Gasteiger partial charge on any atom is -0.369 e. The van der Waals surface area contributed by atoms with Crippen LogP contribution in [0.2, 0.25) is 5.02 Å². The molecule has 0 unspecified atom stereocenters. The van der Waals surface area contributed by atoms with Gasteiger partial charge in [0, 0.05) is 36.9 Å². The van der Waals surface area contributed by atoms with Crippen LogP contribution in [0.15, 0.2) is 47.4 Å². The fourth-order valence-electron chi connectivity index (χ4n) is 3.36. The third-order valence-electron chi connectivity index (χ3n) is 4.85. The lowest BCUT2D eigenvalue weighted by Gasteiger charge is -2.36. The molecule has 1 aliphatic heterocycles. The van der Waals surface area contributed by atoms with E-state index in [9.17, 15) is 8.42 Å². The summed E-state index contributed by atoms with van der Waals surface area (Å²) >= 11 is 6.12. The van der Waals surface area contributed by atoms with Gasteiger partial charge in [0.15, 0.2) is 0 Å². The summed E-state index contributed by atoms with van der Waals surface area (Å²) in [6.07, 6.45) is 2.02. The molecular weight excluding hydrogens is 368 g/mol. The van der Waals surface area contributed by atoms with Gasteiger partial charge in [-0.05, 0) is 48.7 Å². The molecule has 0 spiro atoms. The molecule has 4 nitrogen and oxygen atoms in total. The predicted molar refractivity (Wildman–Crippen MR) is 108 cm³/mol. The molecule has 140 valence electrons. The second kappa shape index (κ2) is 7.99. The molecule has 2 aromatic rings. The lowest BCUT2D eigenvalue weighted by Crippen LogP contribution is -2.48. The van der Waals surface area contributed by atoms with Crippen molar-refractivity contribution in [2.45, 2.75) is 31.6 Å². The number of hydrogen-bond donors (Lipinski definition) is 0. The van der Waals surface area contributed by atoms with E-state index in [1.54, 1.807) is 16.4 Å². The van der Waals surface area contributed by atoms with E-state index in [1.165, 1.54) is 5.56 Å². The van der Waals surface area contributed by atoms with Gasteiger partial charge in [0.25, 0.3) is 0 Å². The number of anilines is 1. The molecule has 0 amide bonds. The van der Waals surface area contributed by atoms with Gasteiger partial charge >= 0.3 is 0 Å². The quantitative estimate of drug-likeness (QED) is 0.768. The van der Waals surface area contributed by atoms with Crippen LogP contribution in [0, 0.1) is 6.92 Å². The summed E-state index contributed by atoms with van der Waals surface area (Å²) in [4.78, 5) is 2.59. The van der Waals surface area contributed by atoms with Crippen molar-refractivity contribution in [1.82, 2.24) is 4.31 Å². The first-order valence-electron chi connectivity index (χ1n) is 9.02. The Morgan fingerprint density at radius 3 is 2.27 bits per heavy atom. The van der Waals surface area contributed by atoms with Crippen LogP contribution in [0.5, 0.6) is 0 Å². The van der Waals surface area contributed by atoms with E-state index in [0.29, 0.717) is 36.1 Å². The summed E-state index contributed by atoms with van der Waals surface area (Å²) in [6, 6.07) is 13.1. The third-order valence-corrected chi connectivity index (χ3v) is 7.00. The molecule has 2 aromatic carbocycles. The minimum absolute atomic E-state index is 0.379. The molecule has 1 fully saturated rings. The van der Waals surface area contributed by atoms with E-state index in [-0.39, 0.29) is 0 Å². The van der Waals surface area contributed by atoms with Crippen molar-refractivity contribution in [3.63, 3.8) is 0 Å². The molecule has 1 aliphatic rings. The Morgan fingerprint density at radius 2 is 1.65 bits per heavy atom. The van der Waals surface area contributed by atoms with E-state index in [4.69, 9.17) is 11.6 Å². The normalized spacial score (nSPS) is 16.0. The Balaban J connectivity index is 1.71. The lowest BCUT2D eigenvalue weighted by molar-refractivity contribution is 0.384. The average Bonchev–Trinajstić information content (AvgIpc) is 2.64. The molecule has 26 heavy (non-hydrogen) atoms. The highest BCUT2D eigenvalue weighted by Crippen LogP contribution is 2.26. The highest BCUT2D eigenvalue weighted by molar-refractivity contribution is 7.89. The number of halogens is 1. The number of rotatable bonds is 5. The Bertz CT molecular complexity index is 858. The zero-order chi connectivity index (χ0) is 18.7. The van der Waals surface area contributed by atoms with Crippen LogP contribution < -0.4 is 4.90 Å². The van der Waals surface area contributed by atoms with Crippen molar-refractivity contribution in [2.75, 3.05) is 31.1 Å². The summed E-state index contributed by atoms with van der Waals surface area (Å²) < 4.78 is 27.4. The number of nitrogens with zero attached hydrogens (tertiary/aromatic N) is 2. The highest BCUT2D eigenvalue weighted by Gasteiger charge is 2.28. The zero-order valence-electron chi connectivity index (χ0n) is 15.3. The summed E-state index contributed by atoms with van der Waals surface area (Å²) in [6.45, 7) is 6.44. The maximum absolute atomic E-state index is 12.9. The second-order valence-corrected chi connectivity index (χ2v) is 9.09. The second-order valence-electron chi connectivity index (χ2n) is 6.72. The van der Waals surface area contributed by atoms with Gasteiger partial charge in [0.2, 0.25) is 10.0 Å². The molecule has 0 N–H and O–H groups in total. The number of piperazine rings is 1. The van der Waals surface area contributed by atoms with Crippen molar-refractivity contribution in [3.8, 4) is 0 Å². The molecule has 0 aliphatic carbocycles. The van der Waals surface area contributed by atoms with Gasteiger partial charge in [-0.25, -0.2) is 8.42 Å². The first-order valence-corrected chi connectivity index (χ1v) is 10.8. The van der Waals surface area contributed by atoms with E-state index in [2.05, 4.69) is 11.8 Å². The van der Waals surface area contributed by atoms with E-state index in [1.807, 2.05) is 37.3 Å². The predicted octanol–water partition coefficient (Wildman–Crippen LogP) is 4.11. The maximum Gasteiger partial charge on any atom is 0.243 e. The van der Waals surface area contributed by atoms with E-state index >= 15 is 0 Å². The maximum atomic E-state index is 12.9. The van der Waals surface area contributed by atoms with Gasteiger partial charge in [-0.3, -0.25) is 0 Å². The van der Waals surface area contributed by atoms with Crippen LogP contribution in [-0.2, 0) is 16.4 Å². The molecule has 0 aromatic heterocycles. The number of benzene rings is 2. The van der Waals surface area contributed by atoms with Crippen LogP contribution in [0.3, 0.4) is 0 Å². The smallest absolute Gasteiger partial charge is 0.243 e. The third kappa shape index (κ3) is 4.05. The average molecular weight is 393 g/mol. The van der Waals surface area contributed by atoms with Crippen LogP contribution in [-0.4, -0.2) is 38.9 Å². The standard InChI is InChI=1S/C20H25ClN2O2S/c1-3-4-17-6-9-19(10-7-17)26(24,25)23-13-11-22(12-14-23)20-15-18(21)8-5-16(20)2/h5-10,15H,3-4,11-14H2,1-2H3. The lowest BCUT2D eigenvalue weighted by atomic mass is 10.1. The van der Waals surface area contributed by atoms with Gasteiger partial charge in [-0.15, -0.1) is 0 Å². The van der Waals surface area contributed by atoms with Gasteiger partial charge in [0.05, 0.1) is 4.90 Å². The largest absolute Gasteiger partial charge is 0.369 e. The topological polar surface area (TPSA) is 40.6 Å². The molecular formula is C20H25ClN2O2S. The van der Waals surface area contributed by atoms with Crippen LogP contribution in [0.25, 0.3) is 0 Å². The van der Waals surface area contributed by atoms with E-state index < -0.39 is 10.0 Å². The Kier molecular flexibility index (Phi) is 5.90. The number of aryl methyl sites for hydroxylation is 2. The Labute approximate surface area is 161 Å². The van der Waals surface area contributed by atoms with Crippen LogP contribution >= 0.6 is 11.6 Å². The molecule has 0 atom stereocenters. The van der Waals surface area contributed by atoms with Crippen molar-refractivity contribution in [3.05, 3.63) is 58.6 Å². The summed E-state index contributed by atoms with van der Waals surface area (Å²) in [7, 11) is -3.44. The highest BCUT2D eigenvalue weighted by atomic mass is 35.5. The van der Waals surface area contributed by atoms with E-state index in [0.717, 1.165) is 24.1 Å². The summed E-state index contributed by atoms with van der Waals surface area (Å²) in [5.41, 5.74) is 3.41. The van der Waals surface area contributed by atoms with Gasteiger partial charge in [-0.1, -0.05) is 43.1 Å². The van der Waals surface area contributed by atoms with Crippen LogP contribution in [0.1, 0.15) is 24.5 Å².